The number of nitrogens with zero attached hydrogens (tertiary/aromatic N) is 1. The number of rotatable bonds is 15. The number of amides is 6. The van der Waals surface area contributed by atoms with Crippen LogP contribution in [0.4, 0.5) is 9.59 Å². The first kappa shape index (κ1) is 37.1. The van der Waals surface area contributed by atoms with Crippen LogP contribution in [0.3, 0.4) is 0 Å². The lowest BCUT2D eigenvalue weighted by atomic mass is 9.93. The van der Waals surface area contributed by atoms with Gasteiger partial charge >= 0.3 is 12.1 Å². The number of nitrogens with one attached hydrogen (secondary N) is 5. The molecule has 3 aliphatic rings. The first-order chi connectivity index (χ1) is 23.2. The Morgan fingerprint density at radius 1 is 1.04 bits per heavy atom. The van der Waals surface area contributed by atoms with Gasteiger partial charge in [-0.2, -0.15) is 0 Å². The molecule has 0 aromatic heterocycles. The van der Waals surface area contributed by atoms with E-state index in [-0.39, 0.29) is 42.7 Å². The number of carbonyl (C=O) groups is 6. The van der Waals surface area contributed by atoms with E-state index in [1.54, 1.807) is 11.8 Å². The van der Waals surface area contributed by atoms with Crippen molar-refractivity contribution < 1.29 is 33.5 Å². The number of hydrogen-bond acceptors (Lipinski definition) is 7. The summed E-state index contributed by atoms with van der Waals surface area (Å²) in [5.41, 5.74) is 2.50. The summed E-state index contributed by atoms with van der Waals surface area (Å²) in [7, 11) is 1.42. The van der Waals surface area contributed by atoms with Gasteiger partial charge in [0.25, 0.3) is 5.91 Å². The molecule has 5 N–H and O–H groups in total. The predicted molar refractivity (Wildman–Crippen MR) is 183 cm³/mol. The molecule has 1 aliphatic heterocycles. The number of ketones is 1. The van der Waals surface area contributed by atoms with Crippen molar-refractivity contribution >= 4 is 35.6 Å². The minimum absolute atomic E-state index is 0.0494. The quantitative estimate of drug-likeness (QED) is 0.139. The summed E-state index contributed by atoms with van der Waals surface area (Å²) in [6.45, 7) is 15.4. The van der Waals surface area contributed by atoms with E-state index < -0.39 is 59.8 Å². The van der Waals surface area contributed by atoms with Gasteiger partial charge in [-0.25, -0.2) is 9.59 Å². The van der Waals surface area contributed by atoms with Gasteiger partial charge in [-0.05, 0) is 60.5 Å². The van der Waals surface area contributed by atoms with Crippen molar-refractivity contribution in [3.05, 3.63) is 60.2 Å². The maximum absolute atomic E-state index is 14.6. The highest BCUT2D eigenvalue weighted by atomic mass is 16.5. The highest BCUT2D eigenvalue weighted by Gasteiger charge is 2.69. The van der Waals surface area contributed by atoms with Crippen LogP contribution < -0.4 is 26.6 Å². The summed E-state index contributed by atoms with van der Waals surface area (Å²) >= 11 is 0. The number of ether oxygens (including phenoxy) is 1. The van der Waals surface area contributed by atoms with Gasteiger partial charge in [0.15, 0.2) is 0 Å². The maximum atomic E-state index is 14.6. The molecule has 0 bridgehead atoms. The molecule has 1 saturated carbocycles. The van der Waals surface area contributed by atoms with Crippen molar-refractivity contribution in [2.45, 2.75) is 77.5 Å². The van der Waals surface area contributed by atoms with Crippen molar-refractivity contribution in [3.8, 4) is 0 Å². The van der Waals surface area contributed by atoms with Crippen LogP contribution >= 0.6 is 0 Å². The number of carbonyl (C=O) groups excluding carboxylic acids is 6. The molecule has 4 rings (SSSR count). The summed E-state index contributed by atoms with van der Waals surface area (Å²) in [5, 5.41) is 13.3. The van der Waals surface area contributed by atoms with E-state index in [0.717, 1.165) is 11.1 Å². The van der Waals surface area contributed by atoms with E-state index in [4.69, 9.17) is 4.74 Å². The molecule has 1 aromatic carbocycles. The van der Waals surface area contributed by atoms with Gasteiger partial charge in [0, 0.05) is 20.1 Å². The van der Waals surface area contributed by atoms with Gasteiger partial charge in [-0.3, -0.25) is 19.2 Å². The van der Waals surface area contributed by atoms with Crippen LogP contribution in [0.15, 0.2) is 49.1 Å². The molecular weight excluding hydrogens is 628 g/mol. The smallest absolute Gasteiger partial charge is 0.406 e. The van der Waals surface area contributed by atoms with E-state index in [1.807, 2.05) is 31.2 Å². The van der Waals surface area contributed by atoms with Gasteiger partial charge in [0.05, 0.1) is 12.1 Å². The lowest BCUT2D eigenvalue weighted by Crippen LogP contribution is -2.61. The molecular formula is C36H50N6O7. The summed E-state index contributed by atoms with van der Waals surface area (Å²) < 4.78 is 5.14. The average Bonchev–Trinajstić information content (AvgIpc) is 3.43. The zero-order chi connectivity index (χ0) is 36.0. The van der Waals surface area contributed by atoms with Crippen molar-refractivity contribution in [1.29, 1.82) is 0 Å². The molecule has 2 fully saturated rings. The summed E-state index contributed by atoms with van der Waals surface area (Å²) in [4.78, 5) is 81.0. The summed E-state index contributed by atoms with van der Waals surface area (Å²) in [6.07, 6.45) is 2.69. The Kier molecular flexibility index (Phi) is 11.9. The number of hydrogen-bond donors (Lipinski definition) is 5. The van der Waals surface area contributed by atoms with Gasteiger partial charge < -0.3 is 36.2 Å². The number of Topliss-reactive ketones (excluding diaryl/α,β-unsaturated/α-hetero) is 1. The van der Waals surface area contributed by atoms with Crippen molar-refractivity contribution in [2.24, 2.45) is 23.2 Å². The third kappa shape index (κ3) is 8.31. The third-order valence-corrected chi connectivity index (χ3v) is 10.2. The average molecular weight is 679 g/mol. The number of piperidine rings is 1. The van der Waals surface area contributed by atoms with E-state index in [0.29, 0.717) is 31.4 Å². The Morgan fingerprint density at radius 2 is 1.69 bits per heavy atom. The molecule has 6 amide bonds. The first-order valence-electron chi connectivity index (χ1n) is 16.9. The van der Waals surface area contributed by atoms with Crippen molar-refractivity contribution in [2.75, 3.05) is 26.7 Å². The van der Waals surface area contributed by atoms with Crippen LogP contribution in [0.5, 0.6) is 0 Å². The minimum atomic E-state index is -1.06. The Labute approximate surface area is 288 Å². The molecule has 0 radical (unpaired) electrons. The van der Waals surface area contributed by atoms with Crippen LogP contribution in [-0.4, -0.2) is 91.4 Å². The largest absolute Gasteiger partial charge is 0.447 e. The van der Waals surface area contributed by atoms with Gasteiger partial charge in [0.1, 0.15) is 18.7 Å². The maximum Gasteiger partial charge on any atom is 0.406 e. The van der Waals surface area contributed by atoms with Gasteiger partial charge in [-0.1, -0.05) is 69.7 Å². The minimum Gasteiger partial charge on any atom is -0.447 e. The van der Waals surface area contributed by atoms with E-state index >= 15 is 0 Å². The number of benzene rings is 1. The molecule has 2 aliphatic carbocycles. The van der Waals surface area contributed by atoms with Crippen LogP contribution in [0.2, 0.25) is 0 Å². The number of alkyl carbamates (subject to hydrolysis) is 1. The van der Waals surface area contributed by atoms with Crippen molar-refractivity contribution in [1.82, 2.24) is 31.5 Å². The first-order valence-corrected chi connectivity index (χ1v) is 16.9. The SMILES string of the molecule is C=CCNC(=O)C(=O)C(CCC)NC(=O)[C@@H]1[C@@H]2[C@H](CN1C(=O)[C@@H](NC(=O)N[C@H](COC(=O)NC)C(=C)C)C1Cc3ccccc3C1)C2(C)C. The molecule has 0 spiro atoms. The topological polar surface area (TPSA) is 175 Å². The molecule has 1 aromatic rings. The van der Waals surface area contributed by atoms with Gasteiger partial charge in [-0.15, -0.1) is 6.58 Å². The van der Waals surface area contributed by atoms with E-state index in [9.17, 15) is 28.8 Å². The zero-order valence-corrected chi connectivity index (χ0v) is 29.1. The monoisotopic (exact) mass is 678 g/mol. The molecule has 6 atom stereocenters. The highest BCUT2D eigenvalue weighted by Crippen LogP contribution is 2.65. The molecule has 266 valence electrons. The number of likely N-dealkylation sites (tertiary alicyclic amines) is 1. The molecule has 1 heterocycles. The summed E-state index contributed by atoms with van der Waals surface area (Å²) in [5.74, 6) is -2.87. The van der Waals surface area contributed by atoms with Crippen LogP contribution in [-0.2, 0) is 36.8 Å². The van der Waals surface area contributed by atoms with E-state index in [1.165, 1.54) is 13.1 Å². The lowest BCUT2D eigenvalue weighted by Gasteiger charge is -2.35. The lowest BCUT2D eigenvalue weighted by molar-refractivity contribution is -0.144. The second-order valence-corrected chi connectivity index (χ2v) is 13.9. The summed E-state index contributed by atoms with van der Waals surface area (Å²) in [6, 6.07) is 3.57. The highest BCUT2D eigenvalue weighted by molar-refractivity contribution is 6.38. The number of urea groups is 1. The normalized spacial score (nSPS) is 21.9. The number of fused-ring (bicyclic) bond motifs is 2. The van der Waals surface area contributed by atoms with Crippen LogP contribution in [0, 0.1) is 23.2 Å². The van der Waals surface area contributed by atoms with Gasteiger partial charge in [0.2, 0.25) is 17.6 Å². The molecule has 13 nitrogen and oxygen atoms in total. The Hall–Kier alpha value is -4.68. The molecule has 13 heteroatoms. The molecule has 1 saturated heterocycles. The Bertz CT molecular complexity index is 1470. The molecule has 1 unspecified atom stereocenters. The fraction of sp³-hybridized carbons (Fsp3) is 0.556. The molecule has 49 heavy (non-hydrogen) atoms. The zero-order valence-electron chi connectivity index (χ0n) is 29.1. The van der Waals surface area contributed by atoms with E-state index in [2.05, 4.69) is 53.6 Å². The Balaban J connectivity index is 1.58. The standard InChI is InChI=1S/C36H50N6O7/c1-8-12-25(30(43)32(45)38-15-9-2)39-31(44)29-27-24(36(27,5)6)18-42(29)33(46)28(23-16-21-13-10-11-14-22(21)17-23)41-34(47)40-26(20(3)4)19-49-35(48)37-7/h9-11,13-14,23-29H,2-3,8,12,15-19H2,1,4-7H3,(H,37,48)(H,38,45)(H,39,44)(H2,40,41,47)/t24-,25?,26+,27-,28-,29-/m0/s1. The Morgan fingerprint density at radius 3 is 2.27 bits per heavy atom. The second-order valence-electron chi connectivity index (χ2n) is 13.9. The fourth-order valence-electron chi connectivity index (χ4n) is 7.31. The predicted octanol–water partition coefficient (Wildman–Crippen LogP) is 2.01. The fourth-order valence-corrected chi connectivity index (χ4v) is 7.31. The van der Waals surface area contributed by atoms with Crippen molar-refractivity contribution in [3.63, 3.8) is 0 Å². The van der Waals surface area contributed by atoms with Crippen LogP contribution in [0.1, 0.15) is 51.7 Å². The van der Waals surface area contributed by atoms with Crippen LogP contribution in [0.25, 0.3) is 0 Å². The second kappa shape index (κ2) is 15.7. The third-order valence-electron chi connectivity index (χ3n) is 10.2.